The number of hydrogen-bond donors (Lipinski definition) is 2. The predicted molar refractivity (Wildman–Crippen MR) is 75.8 cm³/mol. The summed E-state index contributed by atoms with van der Waals surface area (Å²) in [5, 5.41) is 0. The van der Waals surface area contributed by atoms with E-state index in [-0.39, 0.29) is 0 Å². The molecule has 0 saturated carbocycles. The van der Waals surface area contributed by atoms with E-state index in [2.05, 4.69) is 15.4 Å². The molecule has 2 rings (SSSR count). The molecule has 1 aromatic carbocycles. The summed E-state index contributed by atoms with van der Waals surface area (Å²) >= 11 is 0. The number of benzene rings is 1. The Labute approximate surface area is 112 Å². The van der Waals surface area contributed by atoms with Crippen LogP contribution in [0.5, 0.6) is 5.75 Å². The van der Waals surface area contributed by atoms with Gasteiger partial charge in [-0.05, 0) is 25.5 Å². The monoisotopic (exact) mass is 258 g/mol. The molecular formula is C14H18N4O. The zero-order chi connectivity index (χ0) is 13.7. The first kappa shape index (κ1) is 13.3. The number of aromatic nitrogens is 2. The molecule has 19 heavy (non-hydrogen) atoms. The van der Waals surface area contributed by atoms with E-state index >= 15 is 0 Å². The maximum atomic E-state index is 5.49. The molecule has 0 amide bonds. The lowest BCUT2D eigenvalue weighted by molar-refractivity contribution is 0.340. The Balaban J connectivity index is 2.42. The second-order valence-electron chi connectivity index (χ2n) is 4.03. The molecule has 1 heterocycles. The first-order valence-corrected chi connectivity index (χ1v) is 6.34. The second-order valence-corrected chi connectivity index (χ2v) is 4.03. The van der Waals surface area contributed by atoms with Crippen molar-refractivity contribution in [3.63, 3.8) is 0 Å². The van der Waals surface area contributed by atoms with Gasteiger partial charge in [0.25, 0.3) is 0 Å². The van der Waals surface area contributed by atoms with Crippen molar-refractivity contribution in [3.8, 4) is 17.1 Å². The minimum Gasteiger partial charge on any atom is -0.494 e. The van der Waals surface area contributed by atoms with Crippen molar-refractivity contribution in [1.82, 2.24) is 9.97 Å². The molecule has 100 valence electrons. The van der Waals surface area contributed by atoms with Crippen molar-refractivity contribution in [3.05, 3.63) is 36.0 Å². The number of nitrogens with one attached hydrogen (secondary N) is 1. The van der Waals surface area contributed by atoms with E-state index in [4.69, 9.17) is 10.6 Å². The normalized spacial score (nSPS) is 10.3. The lowest BCUT2D eigenvalue weighted by Gasteiger charge is -2.08. The smallest absolute Gasteiger partial charge is 0.161 e. The number of hydrogen-bond acceptors (Lipinski definition) is 5. The van der Waals surface area contributed by atoms with Crippen molar-refractivity contribution in [2.24, 2.45) is 5.84 Å². The SMILES string of the molecule is CCOc1cccc(-c2nc(CC)cc(NN)n2)c1. The van der Waals surface area contributed by atoms with E-state index < -0.39 is 0 Å². The van der Waals surface area contributed by atoms with Crippen LogP contribution in [0.2, 0.25) is 0 Å². The Morgan fingerprint density at radius 1 is 1.21 bits per heavy atom. The number of rotatable bonds is 5. The van der Waals surface area contributed by atoms with Crippen molar-refractivity contribution >= 4 is 5.82 Å². The van der Waals surface area contributed by atoms with Crippen LogP contribution in [0.3, 0.4) is 0 Å². The highest BCUT2D eigenvalue weighted by atomic mass is 16.5. The molecule has 3 N–H and O–H groups in total. The molecule has 0 aliphatic heterocycles. The lowest BCUT2D eigenvalue weighted by atomic mass is 10.2. The van der Waals surface area contributed by atoms with E-state index in [0.717, 1.165) is 23.4 Å². The first-order valence-electron chi connectivity index (χ1n) is 6.34. The third-order valence-corrected chi connectivity index (χ3v) is 2.69. The van der Waals surface area contributed by atoms with Gasteiger partial charge in [-0.25, -0.2) is 15.8 Å². The topological polar surface area (TPSA) is 73.1 Å². The number of nitrogens with two attached hydrogens (primary N) is 1. The molecule has 1 aromatic heterocycles. The number of ether oxygens (including phenoxy) is 1. The van der Waals surface area contributed by atoms with Crippen LogP contribution in [-0.4, -0.2) is 16.6 Å². The van der Waals surface area contributed by atoms with E-state index in [1.807, 2.05) is 44.2 Å². The van der Waals surface area contributed by atoms with Crippen molar-refractivity contribution in [2.75, 3.05) is 12.0 Å². The van der Waals surface area contributed by atoms with Crippen molar-refractivity contribution in [1.29, 1.82) is 0 Å². The first-order chi connectivity index (χ1) is 9.26. The van der Waals surface area contributed by atoms with Gasteiger partial charge < -0.3 is 10.2 Å². The summed E-state index contributed by atoms with van der Waals surface area (Å²) in [4.78, 5) is 8.88. The highest BCUT2D eigenvalue weighted by Gasteiger charge is 2.06. The van der Waals surface area contributed by atoms with E-state index in [0.29, 0.717) is 18.2 Å². The van der Waals surface area contributed by atoms with Crippen LogP contribution in [0.25, 0.3) is 11.4 Å². The Morgan fingerprint density at radius 3 is 2.74 bits per heavy atom. The van der Waals surface area contributed by atoms with Crippen LogP contribution in [0, 0.1) is 0 Å². The Morgan fingerprint density at radius 2 is 2.05 bits per heavy atom. The van der Waals surface area contributed by atoms with Crippen molar-refractivity contribution < 1.29 is 4.74 Å². The fourth-order valence-corrected chi connectivity index (χ4v) is 1.77. The summed E-state index contributed by atoms with van der Waals surface area (Å²) in [5.41, 5.74) is 4.43. The third-order valence-electron chi connectivity index (χ3n) is 2.69. The van der Waals surface area contributed by atoms with Crippen LogP contribution in [0.15, 0.2) is 30.3 Å². The lowest BCUT2D eigenvalue weighted by Crippen LogP contribution is -2.10. The van der Waals surface area contributed by atoms with Crippen LogP contribution < -0.4 is 16.0 Å². The second kappa shape index (κ2) is 6.15. The summed E-state index contributed by atoms with van der Waals surface area (Å²) in [6, 6.07) is 9.57. The fourth-order valence-electron chi connectivity index (χ4n) is 1.77. The van der Waals surface area contributed by atoms with Gasteiger partial charge in [0.15, 0.2) is 5.82 Å². The fraction of sp³-hybridized carbons (Fsp3) is 0.286. The van der Waals surface area contributed by atoms with E-state index in [1.54, 1.807) is 0 Å². The minimum atomic E-state index is 0.615. The summed E-state index contributed by atoms with van der Waals surface area (Å²) < 4.78 is 5.49. The summed E-state index contributed by atoms with van der Waals surface area (Å²) in [6.45, 7) is 4.63. The minimum absolute atomic E-state index is 0.615. The summed E-state index contributed by atoms with van der Waals surface area (Å²) in [5.74, 6) is 7.51. The van der Waals surface area contributed by atoms with Gasteiger partial charge in [-0.3, -0.25) is 0 Å². The molecule has 0 fully saturated rings. The highest BCUT2D eigenvalue weighted by Crippen LogP contribution is 2.22. The van der Waals surface area contributed by atoms with Gasteiger partial charge in [-0.15, -0.1) is 0 Å². The molecule has 2 aromatic rings. The number of nitrogen functional groups attached to an aromatic ring is 1. The third kappa shape index (κ3) is 3.20. The molecule has 0 aliphatic rings. The molecule has 0 atom stereocenters. The Bertz CT molecular complexity index is 535. The van der Waals surface area contributed by atoms with Gasteiger partial charge in [0.2, 0.25) is 0 Å². The van der Waals surface area contributed by atoms with E-state index in [9.17, 15) is 0 Å². The maximum absolute atomic E-state index is 5.49. The van der Waals surface area contributed by atoms with Gasteiger partial charge in [0.1, 0.15) is 11.6 Å². The van der Waals surface area contributed by atoms with E-state index in [1.165, 1.54) is 0 Å². The Hall–Kier alpha value is -2.14. The Kier molecular flexibility index (Phi) is 4.30. The number of hydrazine groups is 1. The zero-order valence-electron chi connectivity index (χ0n) is 11.2. The van der Waals surface area contributed by atoms with Crippen LogP contribution >= 0.6 is 0 Å². The molecule has 0 bridgehead atoms. The number of aryl methyl sites for hydroxylation is 1. The molecular weight excluding hydrogens is 240 g/mol. The number of anilines is 1. The maximum Gasteiger partial charge on any atom is 0.161 e. The molecule has 0 unspecified atom stereocenters. The average molecular weight is 258 g/mol. The summed E-state index contributed by atoms with van der Waals surface area (Å²) in [7, 11) is 0. The van der Waals surface area contributed by atoms with Crippen LogP contribution in [-0.2, 0) is 6.42 Å². The molecule has 5 nitrogen and oxygen atoms in total. The summed E-state index contributed by atoms with van der Waals surface area (Å²) in [6.07, 6.45) is 0.829. The van der Waals surface area contributed by atoms with Gasteiger partial charge in [0.05, 0.1) is 6.61 Å². The molecule has 0 spiro atoms. The van der Waals surface area contributed by atoms with Gasteiger partial charge in [-0.2, -0.15) is 0 Å². The van der Waals surface area contributed by atoms with Crippen LogP contribution in [0.1, 0.15) is 19.5 Å². The molecule has 0 aliphatic carbocycles. The largest absolute Gasteiger partial charge is 0.494 e. The zero-order valence-corrected chi connectivity index (χ0v) is 11.2. The predicted octanol–water partition coefficient (Wildman–Crippen LogP) is 2.39. The molecule has 5 heteroatoms. The average Bonchev–Trinajstić information content (AvgIpc) is 2.47. The molecule has 0 radical (unpaired) electrons. The quantitative estimate of drug-likeness (QED) is 0.636. The number of nitrogens with zero attached hydrogens (tertiary/aromatic N) is 2. The highest BCUT2D eigenvalue weighted by molar-refractivity contribution is 5.59. The van der Waals surface area contributed by atoms with Crippen molar-refractivity contribution in [2.45, 2.75) is 20.3 Å². The van der Waals surface area contributed by atoms with Gasteiger partial charge >= 0.3 is 0 Å². The standard InChI is InChI=1S/C14H18N4O/c1-3-11-9-13(18-15)17-14(16-11)10-6-5-7-12(8-10)19-4-2/h5-9H,3-4,15H2,1-2H3,(H,16,17,18). The van der Waals surface area contributed by atoms with Crippen LogP contribution in [0.4, 0.5) is 5.82 Å². The molecule has 0 saturated heterocycles. The van der Waals surface area contributed by atoms with Gasteiger partial charge in [0, 0.05) is 17.3 Å². The van der Waals surface area contributed by atoms with Gasteiger partial charge in [-0.1, -0.05) is 19.1 Å².